The van der Waals surface area contributed by atoms with E-state index in [1.54, 1.807) is 0 Å². The van der Waals surface area contributed by atoms with Crippen LogP contribution in [0.1, 0.15) is 32.8 Å². The van der Waals surface area contributed by atoms with Crippen molar-refractivity contribution in [2.45, 2.75) is 33.7 Å². The number of likely N-dealkylation sites (tertiary alicyclic amines) is 1. The highest BCUT2D eigenvalue weighted by Crippen LogP contribution is 2.34. The van der Waals surface area contributed by atoms with Crippen LogP contribution in [0.2, 0.25) is 0 Å². The van der Waals surface area contributed by atoms with Crippen molar-refractivity contribution in [3.05, 3.63) is 34.1 Å². The zero-order valence-corrected chi connectivity index (χ0v) is 13.1. The molecule has 1 aliphatic rings. The van der Waals surface area contributed by atoms with E-state index in [2.05, 4.69) is 36.7 Å². The lowest BCUT2D eigenvalue weighted by atomic mass is 9.80. The summed E-state index contributed by atoms with van der Waals surface area (Å²) in [5.41, 5.74) is 0.960. The summed E-state index contributed by atoms with van der Waals surface area (Å²) in [4.78, 5) is 13.9. The largest absolute Gasteiger partial charge is 0.338 e. The first kappa shape index (κ1) is 14.5. The molecule has 1 amide bonds. The molecule has 0 N–H and O–H groups in total. The summed E-state index contributed by atoms with van der Waals surface area (Å²) in [5.74, 6) is 0.265. The van der Waals surface area contributed by atoms with Gasteiger partial charge in [-0.25, -0.2) is 4.39 Å². The van der Waals surface area contributed by atoms with E-state index < -0.39 is 0 Å². The van der Waals surface area contributed by atoms with Crippen LogP contribution in [-0.4, -0.2) is 17.4 Å². The summed E-state index contributed by atoms with van der Waals surface area (Å²) in [6.45, 7) is 7.73. The Kier molecular flexibility index (Phi) is 4.00. The molecule has 19 heavy (non-hydrogen) atoms. The molecule has 0 aliphatic carbocycles. The summed E-state index contributed by atoms with van der Waals surface area (Å²) in [6.07, 6.45) is 0.597. The second kappa shape index (κ2) is 5.23. The highest BCUT2D eigenvalue weighted by molar-refractivity contribution is 9.10. The molecule has 1 unspecified atom stereocenters. The molecule has 2 nitrogen and oxygen atoms in total. The maximum absolute atomic E-state index is 13.3. The van der Waals surface area contributed by atoms with Gasteiger partial charge in [-0.15, -0.1) is 0 Å². The Morgan fingerprint density at radius 3 is 2.58 bits per heavy atom. The number of nitrogens with zero attached hydrogens (tertiary/aromatic N) is 1. The molecule has 0 saturated carbocycles. The summed E-state index contributed by atoms with van der Waals surface area (Å²) < 4.78 is 14.0. The van der Waals surface area contributed by atoms with E-state index in [1.165, 1.54) is 12.1 Å². The van der Waals surface area contributed by atoms with E-state index in [4.69, 9.17) is 0 Å². The summed E-state index contributed by atoms with van der Waals surface area (Å²) in [5, 5.41) is 0. The van der Waals surface area contributed by atoms with Crippen LogP contribution in [0.3, 0.4) is 0 Å². The molecule has 0 aromatic heterocycles. The Morgan fingerprint density at radius 1 is 1.37 bits per heavy atom. The van der Waals surface area contributed by atoms with Crippen molar-refractivity contribution in [1.82, 2.24) is 4.90 Å². The number of benzene rings is 1. The second-order valence-corrected chi connectivity index (χ2v) is 7.23. The van der Waals surface area contributed by atoms with Gasteiger partial charge in [-0.2, -0.15) is 0 Å². The fourth-order valence-corrected chi connectivity index (χ4v) is 2.94. The van der Waals surface area contributed by atoms with Crippen molar-refractivity contribution in [1.29, 1.82) is 0 Å². The van der Waals surface area contributed by atoms with E-state index in [-0.39, 0.29) is 17.1 Å². The maximum atomic E-state index is 13.3. The SMILES string of the molecule is CC(C)(C)C1CC(=O)N(Cc2cc(F)cc(Br)c2)C1. The van der Waals surface area contributed by atoms with Gasteiger partial charge < -0.3 is 4.90 Å². The molecule has 1 heterocycles. The highest BCUT2D eigenvalue weighted by atomic mass is 79.9. The van der Waals surface area contributed by atoms with Gasteiger partial charge in [0.15, 0.2) is 0 Å². The molecule has 1 aromatic carbocycles. The molecular formula is C15H19BrFNO. The van der Waals surface area contributed by atoms with Crippen molar-refractivity contribution >= 4 is 21.8 Å². The van der Waals surface area contributed by atoms with Crippen LogP contribution in [0, 0.1) is 17.2 Å². The van der Waals surface area contributed by atoms with Crippen LogP contribution in [0.15, 0.2) is 22.7 Å². The summed E-state index contributed by atoms with van der Waals surface area (Å²) >= 11 is 3.28. The van der Waals surface area contributed by atoms with Crippen molar-refractivity contribution in [2.75, 3.05) is 6.54 Å². The lowest BCUT2D eigenvalue weighted by molar-refractivity contribution is -0.128. The van der Waals surface area contributed by atoms with Crippen LogP contribution in [0.4, 0.5) is 4.39 Å². The van der Waals surface area contributed by atoms with E-state index in [0.717, 1.165) is 12.1 Å². The topological polar surface area (TPSA) is 20.3 Å². The first-order valence-electron chi connectivity index (χ1n) is 6.48. The average molecular weight is 328 g/mol. The maximum Gasteiger partial charge on any atom is 0.223 e. The molecule has 104 valence electrons. The van der Waals surface area contributed by atoms with Gasteiger partial charge in [0.2, 0.25) is 5.91 Å². The molecule has 1 fully saturated rings. The molecule has 1 aromatic rings. The predicted octanol–water partition coefficient (Wildman–Crippen LogP) is 3.98. The Labute approximate surface area is 122 Å². The predicted molar refractivity (Wildman–Crippen MR) is 77.1 cm³/mol. The van der Waals surface area contributed by atoms with Gasteiger partial charge in [-0.1, -0.05) is 36.7 Å². The third-order valence-electron chi connectivity index (χ3n) is 3.74. The number of carbonyl (C=O) groups excluding carboxylic acids is 1. The normalized spacial score (nSPS) is 20.2. The van der Waals surface area contributed by atoms with Gasteiger partial charge in [-0.3, -0.25) is 4.79 Å². The van der Waals surface area contributed by atoms with Crippen molar-refractivity contribution in [2.24, 2.45) is 11.3 Å². The van der Waals surface area contributed by atoms with Crippen LogP contribution in [0.5, 0.6) is 0 Å². The zero-order chi connectivity index (χ0) is 14.2. The minimum Gasteiger partial charge on any atom is -0.338 e. The smallest absolute Gasteiger partial charge is 0.223 e. The van der Waals surface area contributed by atoms with Crippen molar-refractivity contribution < 1.29 is 9.18 Å². The summed E-state index contributed by atoms with van der Waals surface area (Å²) in [6, 6.07) is 4.77. The van der Waals surface area contributed by atoms with Crippen LogP contribution in [0.25, 0.3) is 0 Å². The number of carbonyl (C=O) groups is 1. The van der Waals surface area contributed by atoms with Crippen LogP contribution in [-0.2, 0) is 11.3 Å². The fourth-order valence-electron chi connectivity index (χ4n) is 2.43. The van der Waals surface area contributed by atoms with Crippen molar-refractivity contribution in [3.63, 3.8) is 0 Å². The standard InChI is InChI=1S/C15H19BrFNO/c1-15(2,3)11-6-14(19)18(9-11)8-10-4-12(16)7-13(17)5-10/h4-5,7,11H,6,8-9H2,1-3H3. The molecule has 1 atom stereocenters. The first-order chi connectivity index (χ1) is 8.75. The molecule has 4 heteroatoms. The molecule has 1 saturated heterocycles. The van der Waals surface area contributed by atoms with Gasteiger partial charge in [-0.05, 0) is 35.1 Å². The third kappa shape index (κ3) is 3.56. The Morgan fingerprint density at radius 2 is 2.05 bits per heavy atom. The van der Waals surface area contributed by atoms with Gasteiger partial charge >= 0.3 is 0 Å². The molecule has 0 spiro atoms. The van der Waals surface area contributed by atoms with Gasteiger partial charge in [0, 0.05) is 24.0 Å². The molecule has 1 aliphatic heterocycles. The van der Waals surface area contributed by atoms with Gasteiger partial charge in [0.1, 0.15) is 5.82 Å². The van der Waals surface area contributed by atoms with Crippen molar-refractivity contribution in [3.8, 4) is 0 Å². The lowest BCUT2D eigenvalue weighted by Crippen LogP contribution is -2.27. The zero-order valence-electron chi connectivity index (χ0n) is 11.5. The fraction of sp³-hybridized carbons (Fsp3) is 0.533. The minimum absolute atomic E-state index is 0.132. The quantitative estimate of drug-likeness (QED) is 0.804. The number of rotatable bonds is 2. The molecule has 0 radical (unpaired) electrons. The summed E-state index contributed by atoms with van der Waals surface area (Å²) in [7, 11) is 0. The van der Waals surface area contributed by atoms with E-state index >= 15 is 0 Å². The molecule has 0 bridgehead atoms. The van der Waals surface area contributed by atoms with E-state index in [1.807, 2.05) is 11.0 Å². The number of amides is 1. The second-order valence-electron chi connectivity index (χ2n) is 6.32. The number of hydrogen-bond acceptors (Lipinski definition) is 1. The van der Waals surface area contributed by atoms with E-state index in [0.29, 0.717) is 23.4 Å². The third-order valence-corrected chi connectivity index (χ3v) is 4.19. The van der Waals surface area contributed by atoms with Crippen LogP contribution >= 0.6 is 15.9 Å². The average Bonchev–Trinajstić information content (AvgIpc) is 2.58. The molecular weight excluding hydrogens is 309 g/mol. The van der Waals surface area contributed by atoms with Gasteiger partial charge in [0.05, 0.1) is 0 Å². The Bertz CT molecular complexity index is 475. The van der Waals surface area contributed by atoms with Crippen LogP contribution < -0.4 is 0 Å². The number of halogens is 2. The monoisotopic (exact) mass is 327 g/mol. The lowest BCUT2D eigenvalue weighted by Gasteiger charge is -2.26. The Balaban J connectivity index is 2.10. The highest BCUT2D eigenvalue weighted by Gasteiger charge is 2.36. The molecule has 2 rings (SSSR count). The minimum atomic E-state index is -0.275. The number of hydrogen-bond donors (Lipinski definition) is 0. The first-order valence-corrected chi connectivity index (χ1v) is 7.28. The van der Waals surface area contributed by atoms with E-state index in [9.17, 15) is 9.18 Å². The van der Waals surface area contributed by atoms with Gasteiger partial charge in [0.25, 0.3) is 0 Å². The Hall–Kier alpha value is -0.900.